The number of hydrogen-bond acceptors (Lipinski definition) is 3. The molecule has 1 aliphatic heterocycles. The number of nitrogens with zero attached hydrogens (tertiary/aromatic N) is 1. The zero-order valence-corrected chi connectivity index (χ0v) is 13.5. The summed E-state index contributed by atoms with van der Waals surface area (Å²) in [5.74, 6) is -0.0901. The van der Waals surface area contributed by atoms with Crippen LogP contribution in [0.1, 0.15) is 28.8 Å². The first-order chi connectivity index (χ1) is 11.6. The molecular formula is C19H21N3O2. The van der Waals surface area contributed by atoms with Gasteiger partial charge in [0.2, 0.25) is 5.91 Å². The van der Waals surface area contributed by atoms with E-state index in [1.807, 2.05) is 17.0 Å². The third-order valence-corrected chi connectivity index (χ3v) is 4.13. The lowest BCUT2D eigenvalue weighted by Gasteiger charge is -2.15. The quantitative estimate of drug-likeness (QED) is 0.850. The zero-order chi connectivity index (χ0) is 16.9. The van der Waals surface area contributed by atoms with E-state index in [2.05, 4.69) is 5.32 Å². The number of benzene rings is 2. The van der Waals surface area contributed by atoms with Crippen LogP contribution in [0.5, 0.6) is 0 Å². The molecule has 1 fully saturated rings. The Labute approximate surface area is 141 Å². The molecule has 3 N–H and O–H groups in total. The molecule has 0 radical (unpaired) electrons. The molecule has 124 valence electrons. The number of anilines is 2. The maximum Gasteiger partial charge on any atom is 0.253 e. The zero-order valence-electron chi connectivity index (χ0n) is 13.5. The van der Waals surface area contributed by atoms with Crippen molar-refractivity contribution in [1.29, 1.82) is 0 Å². The lowest BCUT2D eigenvalue weighted by molar-refractivity contribution is -0.115. The molecule has 2 aromatic carbocycles. The van der Waals surface area contributed by atoms with Gasteiger partial charge >= 0.3 is 0 Å². The summed E-state index contributed by atoms with van der Waals surface area (Å²) in [6.45, 7) is 1.62. The molecule has 1 aliphatic rings. The summed E-state index contributed by atoms with van der Waals surface area (Å²) in [7, 11) is 0. The van der Waals surface area contributed by atoms with Gasteiger partial charge in [0.15, 0.2) is 0 Å². The molecule has 0 aliphatic carbocycles. The van der Waals surface area contributed by atoms with Crippen molar-refractivity contribution in [2.24, 2.45) is 0 Å². The van der Waals surface area contributed by atoms with E-state index in [1.165, 1.54) is 0 Å². The first kappa shape index (κ1) is 16.1. The maximum atomic E-state index is 12.4. The van der Waals surface area contributed by atoms with Gasteiger partial charge in [0.25, 0.3) is 5.91 Å². The molecule has 0 aromatic heterocycles. The van der Waals surface area contributed by atoms with Gasteiger partial charge in [0, 0.05) is 30.0 Å². The average molecular weight is 323 g/mol. The highest BCUT2D eigenvalue weighted by molar-refractivity contribution is 5.97. The Hall–Kier alpha value is -2.82. The molecule has 1 heterocycles. The van der Waals surface area contributed by atoms with Gasteiger partial charge in [-0.1, -0.05) is 18.2 Å². The number of nitrogen functional groups attached to an aromatic ring is 1. The van der Waals surface area contributed by atoms with Crippen molar-refractivity contribution >= 4 is 23.2 Å². The van der Waals surface area contributed by atoms with Gasteiger partial charge < -0.3 is 16.0 Å². The normalized spacial score (nSPS) is 13.8. The summed E-state index contributed by atoms with van der Waals surface area (Å²) in [6, 6.07) is 14.3. The van der Waals surface area contributed by atoms with Crippen molar-refractivity contribution in [2.45, 2.75) is 19.3 Å². The molecule has 0 saturated carbocycles. The van der Waals surface area contributed by atoms with E-state index in [4.69, 9.17) is 5.73 Å². The van der Waals surface area contributed by atoms with Crippen molar-refractivity contribution in [1.82, 2.24) is 4.90 Å². The minimum Gasteiger partial charge on any atom is -0.399 e. The number of nitrogens with one attached hydrogen (secondary N) is 1. The SMILES string of the molecule is Nc1ccc(CC(=O)Nc2cccc(C(=O)N3CCCC3)c2)cc1. The van der Waals surface area contributed by atoms with Crippen molar-refractivity contribution < 1.29 is 9.59 Å². The van der Waals surface area contributed by atoms with Crippen LogP contribution < -0.4 is 11.1 Å². The number of carbonyl (C=O) groups excluding carboxylic acids is 2. The highest BCUT2D eigenvalue weighted by Gasteiger charge is 2.19. The van der Waals surface area contributed by atoms with Crippen LogP contribution in [0.4, 0.5) is 11.4 Å². The second-order valence-corrected chi connectivity index (χ2v) is 6.05. The summed E-state index contributed by atoms with van der Waals surface area (Å²) in [5, 5.41) is 2.85. The molecular weight excluding hydrogens is 302 g/mol. The fourth-order valence-corrected chi connectivity index (χ4v) is 2.86. The lowest BCUT2D eigenvalue weighted by Crippen LogP contribution is -2.27. The fraction of sp³-hybridized carbons (Fsp3) is 0.263. The van der Waals surface area contributed by atoms with Crippen LogP contribution in [0.15, 0.2) is 48.5 Å². The molecule has 0 atom stereocenters. The molecule has 2 aromatic rings. The van der Waals surface area contributed by atoms with Gasteiger partial charge in [0.05, 0.1) is 6.42 Å². The van der Waals surface area contributed by atoms with Crippen molar-refractivity contribution in [3.8, 4) is 0 Å². The molecule has 0 bridgehead atoms. The maximum absolute atomic E-state index is 12.4. The Balaban J connectivity index is 1.64. The van der Waals surface area contributed by atoms with Crippen LogP contribution in [0, 0.1) is 0 Å². The number of nitrogens with two attached hydrogens (primary N) is 1. The second-order valence-electron chi connectivity index (χ2n) is 6.05. The second kappa shape index (κ2) is 7.17. The van der Waals surface area contributed by atoms with Gasteiger partial charge in [-0.15, -0.1) is 0 Å². The van der Waals surface area contributed by atoms with Gasteiger partial charge in [-0.2, -0.15) is 0 Å². The minimum absolute atomic E-state index is 0.0298. The summed E-state index contributed by atoms with van der Waals surface area (Å²) < 4.78 is 0. The van der Waals surface area contributed by atoms with Crippen LogP contribution in [0.3, 0.4) is 0 Å². The highest BCUT2D eigenvalue weighted by Crippen LogP contribution is 2.17. The largest absolute Gasteiger partial charge is 0.399 e. The summed E-state index contributed by atoms with van der Waals surface area (Å²) in [4.78, 5) is 26.4. The van der Waals surface area contributed by atoms with E-state index in [0.717, 1.165) is 31.5 Å². The molecule has 3 rings (SSSR count). The Morgan fingerprint density at radius 2 is 1.75 bits per heavy atom. The predicted octanol–water partition coefficient (Wildman–Crippen LogP) is 2.69. The van der Waals surface area contributed by atoms with E-state index in [0.29, 0.717) is 16.9 Å². The standard InChI is InChI=1S/C19H21N3O2/c20-16-8-6-14(7-9-16)12-18(23)21-17-5-3-4-15(13-17)19(24)22-10-1-2-11-22/h3-9,13H,1-2,10-12,20H2,(H,21,23). The predicted molar refractivity (Wildman–Crippen MR) is 94.8 cm³/mol. The molecule has 1 saturated heterocycles. The third-order valence-electron chi connectivity index (χ3n) is 4.13. The highest BCUT2D eigenvalue weighted by atomic mass is 16.2. The van der Waals surface area contributed by atoms with Gasteiger partial charge in [-0.3, -0.25) is 9.59 Å². The van der Waals surface area contributed by atoms with Crippen molar-refractivity contribution in [3.05, 3.63) is 59.7 Å². The Bertz CT molecular complexity index is 735. The Kier molecular flexibility index (Phi) is 4.79. The van der Waals surface area contributed by atoms with Gasteiger partial charge in [-0.25, -0.2) is 0 Å². The lowest BCUT2D eigenvalue weighted by atomic mass is 10.1. The van der Waals surface area contributed by atoms with Crippen LogP contribution in [-0.2, 0) is 11.2 Å². The van der Waals surface area contributed by atoms with E-state index in [-0.39, 0.29) is 18.2 Å². The molecule has 5 nitrogen and oxygen atoms in total. The van der Waals surface area contributed by atoms with E-state index in [9.17, 15) is 9.59 Å². The average Bonchev–Trinajstić information content (AvgIpc) is 3.11. The summed E-state index contributed by atoms with van der Waals surface area (Å²) in [6.07, 6.45) is 2.39. The number of rotatable bonds is 4. The van der Waals surface area contributed by atoms with Gasteiger partial charge in [-0.05, 0) is 48.7 Å². The number of carbonyl (C=O) groups is 2. The molecule has 0 unspecified atom stereocenters. The smallest absolute Gasteiger partial charge is 0.253 e. The number of likely N-dealkylation sites (tertiary alicyclic amines) is 1. The first-order valence-corrected chi connectivity index (χ1v) is 8.15. The van der Waals surface area contributed by atoms with Crippen LogP contribution in [-0.4, -0.2) is 29.8 Å². The van der Waals surface area contributed by atoms with Crippen LogP contribution in [0.2, 0.25) is 0 Å². The molecule has 24 heavy (non-hydrogen) atoms. The molecule has 0 spiro atoms. The first-order valence-electron chi connectivity index (χ1n) is 8.15. The minimum atomic E-state index is -0.120. The topological polar surface area (TPSA) is 75.4 Å². The van der Waals surface area contributed by atoms with Crippen molar-refractivity contribution in [3.63, 3.8) is 0 Å². The summed E-state index contributed by atoms with van der Waals surface area (Å²) in [5.41, 5.74) is 8.46. The van der Waals surface area contributed by atoms with Crippen LogP contribution >= 0.6 is 0 Å². The monoisotopic (exact) mass is 323 g/mol. The van der Waals surface area contributed by atoms with Crippen LogP contribution in [0.25, 0.3) is 0 Å². The van der Waals surface area contributed by atoms with E-state index >= 15 is 0 Å². The summed E-state index contributed by atoms with van der Waals surface area (Å²) >= 11 is 0. The Morgan fingerprint density at radius 3 is 2.46 bits per heavy atom. The third kappa shape index (κ3) is 3.93. The number of hydrogen-bond donors (Lipinski definition) is 2. The van der Waals surface area contributed by atoms with Gasteiger partial charge in [0.1, 0.15) is 0 Å². The Morgan fingerprint density at radius 1 is 1.04 bits per heavy atom. The number of amides is 2. The van der Waals surface area contributed by atoms with Crippen molar-refractivity contribution in [2.75, 3.05) is 24.1 Å². The fourth-order valence-electron chi connectivity index (χ4n) is 2.86. The van der Waals surface area contributed by atoms with E-state index < -0.39 is 0 Å². The molecule has 5 heteroatoms. The molecule has 2 amide bonds. The van der Waals surface area contributed by atoms with E-state index in [1.54, 1.807) is 36.4 Å².